The standard InChI is InChI=1S/C9H23N3O3S/c1-10-6-5-7-11(2)16(13,14)12(3)8-9-15-4/h10H,5-9H2,1-4H3. The van der Waals surface area contributed by atoms with E-state index in [4.69, 9.17) is 4.74 Å². The summed E-state index contributed by atoms with van der Waals surface area (Å²) in [7, 11) is 3.22. The van der Waals surface area contributed by atoms with Gasteiger partial charge in [-0.25, -0.2) is 0 Å². The second kappa shape index (κ2) is 7.97. The SMILES string of the molecule is CNCCCN(C)S(=O)(=O)N(C)CCOC. The molecule has 0 saturated carbocycles. The van der Waals surface area contributed by atoms with Gasteiger partial charge in [0.05, 0.1) is 6.61 Å². The van der Waals surface area contributed by atoms with Crippen molar-refractivity contribution in [2.24, 2.45) is 0 Å². The molecule has 0 aliphatic heterocycles. The van der Waals surface area contributed by atoms with Gasteiger partial charge in [0.15, 0.2) is 0 Å². The number of likely N-dealkylation sites (N-methyl/N-ethyl adjacent to an activating group) is 1. The lowest BCUT2D eigenvalue weighted by molar-refractivity contribution is 0.183. The average Bonchev–Trinajstić information content (AvgIpc) is 2.25. The predicted molar refractivity (Wildman–Crippen MR) is 64.6 cm³/mol. The molecular formula is C9H23N3O3S. The summed E-state index contributed by atoms with van der Waals surface area (Å²) in [6.45, 7) is 2.09. The van der Waals surface area contributed by atoms with Crippen molar-refractivity contribution in [1.82, 2.24) is 13.9 Å². The molecule has 0 unspecified atom stereocenters. The van der Waals surface area contributed by atoms with Crippen LogP contribution in [0.5, 0.6) is 0 Å². The fraction of sp³-hybridized carbons (Fsp3) is 1.00. The Kier molecular flexibility index (Phi) is 7.86. The van der Waals surface area contributed by atoms with Crippen molar-refractivity contribution in [3.63, 3.8) is 0 Å². The van der Waals surface area contributed by atoms with Gasteiger partial charge in [-0.3, -0.25) is 0 Å². The van der Waals surface area contributed by atoms with Crippen LogP contribution in [0.15, 0.2) is 0 Å². The molecule has 0 saturated heterocycles. The smallest absolute Gasteiger partial charge is 0.281 e. The second-order valence-electron chi connectivity index (χ2n) is 3.60. The van der Waals surface area contributed by atoms with Crippen LogP contribution < -0.4 is 5.32 Å². The van der Waals surface area contributed by atoms with Crippen molar-refractivity contribution >= 4 is 10.2 Å². The van der Waals surface area contributed by atoms with E-state index in [1.54, 1.807) is 21.2 Å². The van der Waals surface area contributed by atoms with Crippen LogP contribution in [0.3, 0.4) is 0 Å². The largest absolute Gasteiger partial charge is 0.383 e. The lowest BCUT2D eigenvalue weighted by Crippen LogP contribution is -2.41. The maximum absolute atomic E-state index is 11.9. The van der Waals surface area contributed by atoms with E-state index in [9.17, 15) is 8.42 Å². The van der Waals surface area contributed by atoms with Crippen LogP contribution in [0.1, 0.15) is 6.42 Å². The molecule has 0 aromatic heterocycles. The Morgan fingerprint density at radius 1 is 1.19 bits per heavy atom. The molecule has 0 aromatic carbocycles. The highest BCUT2D eigenvalue weighted by Gasteiger charge is 2.22. The van der Waals surface area contributed by atoms with Crippen molar-refractivity contribution < 1.29 is 13.2 Å². The molecule has 0 aliphatic carbocycles. The Labute approximate surface area is 98.7 Å². The third-order valence-corrected chi connectivity index (χ3v) is 4.24. The number of hydrogen-bond donors (Lipinski definition) is 1. The highest BCUT2D eigenvalue weighted by atomic mass is 32.2. The molecule has 0 bridgehead atoms. The van der Waals surface area contributed by atoms with Crippen LogP contribution >= 0.6 is 0 Å². The predicted octanol–water partition coefficient (Wildman–Crippen LogP) is -0.649. The molecule has 0 amide bonds. The molecule has 98 valence electrons. The topological polar surface area (TPSA) is 61.9 Å². The third kappa shape index (κ3) is 5.22. The fourth-order valence-corrected chi connectivity index (χ4v) is 2.31. The number of nitrogens with zero attached hydrogens (tertiary/aromatic N) is 2. The molecule has 1 N–H and O–H groups in total. The first-order chi connectivity index (χ1) is 7.46. The molecular weight excluding hydrogens is 230 g/mol. The highest BCUT2D eigenvalue weighted by molar-refractivity contribution is 7.86. The molecule has 0 aromatic rings. The van der Waals surface area contributed by atoms with Gasteiger partial charge in [-0.2, -0.15) is 17.0 Å². The van der Waals surface area contributed by atoms with Crippen molar-refractivity contribution in [3.05, 3.63) is 0 Å². The van der Waals surface area contributed by atoms with E-state index in [0.29, 0.717) is 19.7 Å². The monoisotopic (exact) mass is 253 g/mol. The number of nitrogens with one attached hydrogen (secondary N) is 1. The van der Waals surface area contributed by atoms with E-state index in [0.717, 1.165) is 13.0 Å². The van der Waals surface area contributed by atoms with Gasteiger partial charge in [0.2, 0.25) is 0 Å². The van der Waals surface area contributed by atoms with Crippen molar-refractivity contribution in [1.29, 1.82) is 0 Å². The molecule has 0 fully saturated rings. The van der Waals surface area contributed by atoms with Gasteiger partial charge in [-0.15, -0.1) is 0 Å². The normalized spacial score (nSPS) is 12.6. The zero-order valence-corrected chi connectivity index (χ0v) is 11.4. The summed E-state index contributed by atoms with van der Waals surface area (Å²) in [4.78, 5) is 0. The maximum Gasteiger partial charge on any atom is 0.281 e. The molecule has 16 heavy (non-hydrogen) atoms. The zero-order chi connectivity index (χ0) is 12.6. The minimum absolute atomic E-state index is 0.370. The minimum Gasteiger partial charge on any atom is -0.383 e. The van der Waals surface area contributed by atoms with E-state index >= 15 is 0 Å². The Morgan fingerprint density at radius 3 is 2.25 bits per heavy atom. The lowest BCUT2D eigenvalue weighted by atomic mass is 10.4. The second-order valence-corrected chi connectivity index (χ2v) is 5.74. The molecule has 0 atom stereocenters. The van der Waals surface area contributed by atoms with E-state index in [2.05, 4.69) is 5.32 Å². The van der Waals surface area contributed by atoms with Crippen molar-refractivity contribution in [2.45, 2.75) is 6.42 Å². The Balaban J connectivity index is 4.18. The van der Waals surface area contributed by atoms with Gasteiger partial charge in [0.1, 0.15) is 0 Å². The lowest BCUT2D eigenvalue weighted by Gasteiger charge is -2.24. The molecule has 0 heterocycles. The van der Waals surface area contributed by atoms with Gasteiger partial charge in [-0.1, -0.05) is 0 Å². The molecule has 0 aliphatic rings. The Hall–Kier alpha value is -0.210. The molecule has 0 spiro atoms. The van der Waals surface area contributed by atoms with E-state index in [1.165, 1.54) is 8.61 Å². The summed E-state index contributed by atoms with van der Waals surface area (Å²) in [5, 5.41) is 2.98. The first-order valence-corrected chi connectivity index (χ1v) is 6.67. The maximum atomic E-state index is 11.9. The summed E-state index contributed by atoms with van der Waals surface area (Å²) < 4.78 is 31.3. The van der Waals surface area contributed by atoms with Gasteiger partial charge >= 0.3 is 0 Å². The first-order valence-electron chi connectivity index (χ1n) is 5.28. The van der Waals surface area contributed by atoms with Crippen molar-refractivity contribution in [3.8, 4) is 0 Å². The van der Waals surface area contributed by atoms with Crippen LogP contribution in [0.2, 0.25) is 0 Å². The Morgan fingerprint density at radius 2 is 1.75 bits per heavy atom. The van der Waals surface area contributed by atoms with Gasteiger partial charge in [0.25, 0.3) is 10.2 Å². The quantitative estimate of drug-likeness (QED) is 0.555. The van der Waals surface area contributed by atoms with E-state index in [-0.39, 0.29) is 0 Å². The van der Waals surface area contributed by atoms with E-state index < -0.39 is 10.2 Å². The minimum atomic E-state index is -3.33. The first kappa shape index (κ1) is 15.8. The van der Waals surface area contributed by atoms with Gasteiger partial charge in [0, 0.05) is 34.3 Å². The van der Waals surface area contributed by atoms with Crippen LogP contribution in [-0.4, -0.2) is 71.5 Å². The molecule has 6 nitrogen and oxygen atoms in total. The summed E-state index contributed by atoms with van der Waals surface area (Å²) in [5.41, 5.74) is 0. The summed E-state index contributed by atoms with van der Waals surface area (Å²) in [5.74, 6) is 0. The third-order valence-electron chi connectivity index (χ3n) is 2.30. The zero-order valence-electron chi connectivity index (χ0n) is 10.6. The number of methoxy groups -OCH3 is 1. The van der Waals surface area contributed by atoms with Crippen molar-refractivity contribution in [2.75, 3.05) is 54.5 Å². The summed E-state index contributed by atoms with van der Waals surface area (Å²) >= 11 is 0. The molecule has 0 radical (unpaired) electrons. The molecule has 0 rings (SSSR count). The fourth-order valence-electron chi connectivity index (χ4n) is 1.17. The summed E-state index contributed by atoms with van der Waals surface area (Å²) in [6.07, 6.45) is 0.796. The number of hydrogen-bond acceptors (Lipinski definition) is 4. The molecule has 7 heteroatoms. The number of ether oxygens (including phenoxy) is 1. The van der Waals surface area contributed by atoms with Gasteiger partial charge in [-0.05, 0) is 20.0 Å². The summed E-state index contributed by atoms with van der Waals surface area (Å²) in [6, 6.07) is 0. The van der Waals surface area contributed by atoms with Crippen LogP contribution in [0.4, 0.5) is 0 Å². The van der Waals surface area contributed by atoms with Crippen LogP contribution in [-0.2, 0) is 14.9 Å². The van der Waals surface area contributed by atoms with Crippen LogP contribution in [0.25, 0.3) is 0 Å². The Bertz CT molecular complexity index is 269. The number of rotatable bonds is 9. The highest BCUT2D eigenvalue weighted by Crippen LogP contribution is 2.03. The average molecular weight is 253 g/mol. The van der Waals surface area contributed by atoms with Crippen LogP contribution in [0, 0.1) is 0 Å². The van der Waals surface area contributed by atoms with E-state index in [1.807, 2.05) is 7.05 Å². The van der Waals surface area contributed by atoms with Gasteiger partial charge < -0.3 is 10.1 Å².